The van der Waals surface area contributed by atoms with E-state index in [4.69, 9.17) is 5.73 Å². The van der Waals surface area contributed by atoms with E-state index in [0.717, 1.165) is 29.3 Å². The van der Waals surface area contributed by atoms with E-state index in [-0.39, 0.29) is 0 Å². The molecule has 0 spiro atoms. The number of thiophene rings is 1. The average molecular weight is 220 g/mol. The minimum atomic E-state index is 0.608. The Morgan fingerprint density at radius 2 is 2.07 bits per heavy atom. The van der Waals surface area contributed by atoms with Crippen LogP contribution in [0.5, 0.6) is 0 Å². The van der Waals surface area contributed by atoms with Gasteiger partial charge in [0.15, 0.2) is 0 Å². The van der Waals surface area contributed by atoms with Crippen LogP contribution in [0.3, 0.4) is 0 Å². The number of rotatable bonds is 1. The standard InChI is InChI=1S/C10H12N4S/c11-9-8-7(3-6-15-8)12-10(13-9)14-4-1-2-5-14/h3,6H,1-2,4-5H2,(H2,11,12,13). The fourth-order valence-electron chi connectivity index (χ4n) is 1.93. The number of fused-ring (bicyclic) bond motifs is 1. The molecule has 0 aliphatic carbocycles. The molecule has 0 aromatic carbocycles. The molecule has 2 aromatic heterocycles. The smallest absolute Gasteiger partial charge is 0.227 e. The SMILES string of the molecule is Nc1nc(N2CCCC2)nc2ccsc12. The highest BCUT2D eigenvalue weighted by Gasteiger charge is 2.16. The molecule has 5 heteroatoms. The first-order valence-electron chi connectivity index (χ1n) is 5.10. The molecule has 4 nitrogen and oxygen atoms in total. The van der Waals surface area contributed by atoms with E-state index in [2.05, 4.69) is 14.9 Å². The quantitative estimate of drug-likeness (QED) is 0.797. The zero-order valence-electron chi connectivity index (χ0n) is 8.31. The Balaban J connectivity index is 2.11. The number of nitrogen functional groups attached to an aromatic ring is 1. The van der Waals surface area contributed by atoms with E-state index >= 15 is 0 Å². The maximum atomic E-state index is 5.90. The van der Waals surface area contributed by atoms with E-state index in [1.54, 1.807) is 11.3 Å². The second-order valence-corrected chi connectivity index (χ2v) is 4.65. The Kier molecular flexibility index (Phi) is 1.98. The number of hydrogen-bond donors (Lipinski definition) is 1. The van der Waals surface area contributed by atoms with Gasteiger partial charge in [-0.3, -0.25) is 0 Å². The van der Waals surface area contributed by atoms with E-state index in [1.807, 2.05) is 11.4 Å². The van der Waals surface area contributed by atoms with E-state index in [1.165, 1.54) is 12.8 Å². The average Bonchev–Trinajstić information content (AvgIpc) is 2.88. The summed E-state index contributed by atoms with van der Waals surface area (Å²) >= 11 is 1.60. The lowest BCUT2D eigenvalue weighted by Crippen LogP contribution is -2.20. The number of anilines is 2. The molecule has 1 saturated heterocycles. The van der Waals surface area contributed by atoms with Crippen molar-refractivity contribution in [3.63, 3.8) is 0 Å². The number of hydrogen-bond acceptors (Lipinski definition) is 5. The van der Waals surface area contributed by atoms with Gasteiger partial charge in [-0.1, -0.05) is 0 Å². The van der Waals surface area contributed by atoms with Crippen molar-refractivity contribution in [2.24, 2.45) is 0 Å². The lowest BCUT2D eigenvalue weighted by atomic mass is 10.4. The van der Waals surface area contributed by atoms with Gasteiger partial charge in [-0.05, 0) is 24.3 Å². The minimum absolute atomic E-state index is 0.608. The monoisotopic (exact) mass is 220 g/mol. The maximum absolute atomic E-state index is 5.90. The third kappa shape index (κ3) is 1.43. The van der Waals surface area contributed by atoms with Crippen LogP contribution in [-0.4, -0.2) is 23.1 Å². The van der Waals surface area contributed by atoms with Crippen LogP contribution >= 0.6 is 11.3 Å². The van der Waals surface area contributed by atoms with Crippen LogP contribution in [0.2, 0.25) is 0 Å². The Morgan fingerprint density at radius 3 is 2.87 bits per heavy atom. The van der Waals surface area contributed by atoms with Gasteiger partial charge in [0.2, 0.25) is 5.95 Å². The lowest BCUT2D eigenvalue weighted by molar-refractivity contribution is 0.910. The van der Waals surface area contributed by atoms with Gasteiger partial charge in [0.25, 0.3) is 0 Å². The number of nitrogens with two attached hydrogens (primary N) is 1. The predicted molar refractivity (Wildman–Crippen MR) is 63.3 cm³/mol. The largest absolute Gasteiger partial charge is 0.382 e. The zero-order chi connectivity index (χ0) is 10.3. The molecule has 78 valence electrons. The molecule has 3 heterocycles. The van der Waals surface area contributed by atoms with Gasteiger partial charge in [-0.2, -0.15) is 4.98 Å². The first kappa shape index (κ1) is 8.91. The summed E-state index contributed by atoms with van der Waals surface area (Å²) in [5.74, 6) is 1.40. The second kappa shape index (κ2) is 3.34. The van der Waals surface area contributed by atoms with Crippen molar-refractivity contribution in [2.45, 2.75) is 12.8 Å². The highest BCUT2D eigenvalue weighted by molar-refractivity contribution is 7.17. The zero-order valence-corrected chi connectivity index (χ0v) is 9.13. The third-order valence-corrected chi connectivity index (χ3v) is 3.63. The van der Waals surface area contributed by atoms with Crippen molar-refractivity contribution in [1.29, 1.82) is 0 Å². The first-order chi connectivity index (χ1) is 7.34. The van der Waals surface area contributed by atoms with Crippen LogP contribution in [0, 0.1) is 0 Å². The summed E-state index contributed by atoms with van der Waals surface area (Å²) in [6.45, 7) is 2.10. The summed E-state index contributed by atoms with van der Waals surface area (Å²) in [4.78, 5) is 11.1. The van der Waals surface area contributed by atoms with Crippen LogP contribution in [-0.2, 0) is 0 Å². The summed E-state index contributed by atoms with van der Waals surface area (Å²) in [5.41, 5.74) is 6.87. The molecule has 1 aliphatic heterocycles. The van der Waals surface area contributed by atoms with Gasteiger partial charge in [0.05, 0.1) is 10.2 Å². The molecule has 15 heavy (non-hydrogen) atoms. The molecule has 0 amide bonds. The van der Waals surface area contributed by atoms with Gasteiger partial charge < -0.3 is 10.6 Å². The van der Waals surface area contributed by atoms with Crippen molar-refractivity contribution in [2.75, 3.05) is 23.7 Å². The Hall–Kier alpha value is -1.36. The summed E-state index contributed by atoms with van der Waals surface area (Å²) in [6.07, 6.45) is 2.45. The minimum Gasteiger partial charge on any atom is -0.382 e. The summed E-state index contributed by atoms with van der Waals surface area (Å²) < 4.78 is 0.998. The van der Waals surface area contributed by atoms with Crippen LogP contribution in [0.1, 0.15) is 12.8 Å². The number of nitrogens with zero attached hydrogens (tertiary/aromatic N) is 3. The topological polar surface area (TPSA) is 55.0 Å². The normalized spacial score (nSPS) is 16.4. The summed E-state index contributed by atoms with van der Waals surface area (Å²) in [7, 11) is 0. The fourth-order valence-corrected chi connectivity index (χ4v) is 2.67. The van der Waals surface area contributed by atoms with Crippen molar-refractivity contribution in [1.82, 2.24) is 9.97 Å². The Labute approximate surface area is 91.7 Å². The second-order valence-electron chi connectivity index (χ2n) is 3.74. The van der Waals surface area contributed by atoms with Crippen molar-refractivity contribution in [3.8, 4) is 0 Å². The highest BCUT2D eigenvalue weighted by atomic mass is 32.1. The van der Waals surface area contributed by atoms with Crippen LogP contribution in [0.15, 0.2) is 11.4 Å². The fraction of sp³-hybridized carbons (Fsp3) is 0.400. The molecule has 1 aliphatic rings. The number of aromatic nitrogens is 2. The third-order valence-electron chi connectivity index (χ3n) is 2.71. The van der Waals surface area contributed by atoms with Gasteiger partial charge >= 0.3 is 0 Å². The van der Waals surface area contributed by atoms with Crippen molar-refractivity contribution in [3.05, 3.63) is 11.4 Å². The first-order valence-corrected chi connectivity index (χ1v) is 5.98. The van der Waals surface area contributed by atoms with Gasteiger partial charge in [0, 0.05) is 13.1 Å². The van der Waals surface area contributed by atoms with Crippen molar-refractivity contribution >= 4 is 33.3 Å². The summed E-state index contributed by atoms with van der Waals surface area (Å²) in [6, 6.07) is 2.00. The molecule has 3 rings (SSSR count). The molecular weight excluding hydrogens is 208 g/mol. The molecule has 0 atom stereocenters. The van der Waals surface area contributed by atoms with E-state index in [9.17, 15) is 0 Å². The van der Waals surface area contributed by atoms with E-state index in [0.29, 0.717) is 5.82 Å². The molecule has 0 bridgehead atoms. The van der Waals surface area contributed by atoms with Crippen LogP contribution in [0.25, 0.3) is 10.2 Å². The van der Waals surface area contributed by atoms with Crippen LogP contribution in [0.4, 0.5) is 11.8 Å². The Morgan fingerprint density at radius 1 is 1.27 bits per heavy atom. The predicted octanol–water partition coefficient (Wildman–Crippen LogP) is 1.87. The van der Waals surface area contributed by atoms with Gasteiger partial charge in [-0.15, -0.1) is 11.3 Å². The molecule has 2 aromatic rings. The van der Waals surface area contributed by atoms with Gasteiger partial charge in [0.1, 0.15) is 5.82 Å². The molecule has 0 saturated carbocycles. The highest BCUT2D eigenvalue weighted by Crippen LogP contribution is 2.27. The molecule has 0 unspecified atom stereocenters. The lowest BCUT2D eigenvalue weighted by Gasteiger charge is -2.15. The maximum Gasteiger partial charge on any atom is 0.227 e. The molecule has 2 N–H and O–H groups in total. The molecular formula is C10H12N4S. The molecule has 1 fully saturated rings. The van der Waals surface area contributed by atoms with Crippen molar-refractivity contribution < 1.29 is 0 Å². The van der Waals surface area contributed by atoms with E-state index < -0.39 is 0 Å². The molecule has 0 radical (unpaired) electrons. The van der Waals surface area contributed by atoms with Gasteiger partial charge in [-0.25, -0.2) is 4.98 Å². The Bertz CT molecular complexity index is 487. The summed E-state index contributed by atoms with van der Waals surface area (Å²) in [5, 5.41) is 2.00. The van der Waals surface area contributed by atoms with Crippen LogP contribution < -0.4 is 10.6 Å².